The summed E-state index contributed by atoms with van der Waals surface area (Å²) in [4.78, 5) is 2.19. The summed E-state index contributed by atoms with van der Waals surface area (Å²) in [6.07, 6.45) is 0. The van der Waals surface area contributed by atoms with E-state index in [2.05, 4.69) is 50.9 Å². The molecule has 0 saturated heterocycles. The zero-order valence-corrected chi connectivity index (χ0v) is 11.0. The Bertz CT molecular complexity index is 401. The summed E-state index contributed by atoms with van der Waals surface area (Å²) in [7, 11) is 2.07. The lowest BCUT2D eigenvalue weighted by molar-refractivity contribution is 0.505. The molecule has 0 heterocycles. The summed E-state index contributed by atoms with van der Waals surface area (Å²) < 4.78 is 0. The second-order valence-electron chi connectivity index (χ2n) is 4.36. The van der Waals surface area contributed by atoms with Crippen LogP contribution in [-0.2, 0) is 0 Å². The Hall–Kier alpha value is -1.44. The maximum atomic E-state index is 5.99. The molecule has 1 aromatic rings. The normalized spacial score (nSPS) is 12.3. The highest BCUT2D eigenvalue weighted by Crippen LogP contribution is 2.23. The van der Waals surface area contributed by atoms with Gasteiger partial charge in [-0.25, -0.2) is 0 Å². The summed E-state index contributed by atoms with van der Waals surface area (Å²) in [6.45, 7) is 9.29. The molecule has 0 aromatic heterocycles. The molecule has 88 valence electrons. The number of benzene rings is 1. The van der Waals surface area contributed by atoms with Gasteiger partial charge in [0.25, 0.3) is 0 Å². The van der Waals surface area contributed by atoms with E-state index in [9.17, 15) is 0 Å². The maximum Gasteiger partial charge on any atom is 0.0627 e. The van der Waals surface area contributed by atoms with Crippen molar-refractivity contribution >= 4 is 5.70 Å². The fourth-order valence-electron chi connectivity index (χ4n) is 1.96. The fourth-order valence-corrected chi connectivity index (χ4v) is 1.96. The predicted molar refractivity (Wildman–Crippen MR) is 71.0 cm³/mol. The minimum absolute atomic E-state index is 0.872. The third kappa shape index (κ3) is 2.57. The Morgan fingerprint density at radius 1 is 1.31 bits per heavy atom. The molecule has 0 aliphatic heterocycles. The SMILES string of the molecule is CCN(C)/C(=C(/C)N)c1ccc(C)cc1C. The van der Waals surface area contributed by atoms with Gasteiger partial charge in [0.05, 0.1) is 5.70 Å². The van der Waals surface area contributed by atoms with E-state index in [-0.39, 0.29) is 0 Å². The highest BCUT2D eigenvalue weighted by molar-refractivity contribution is 5.69. The number of nitrogens with zero attached hydrogens (tertiary/aromatic N) is 1. The molecule has 0 radical (unpaired) electrons. The summed E-state index contributed by atoms with van der Waals surface area (Å²) >= 11 is 0. The van der Waals surface area contributed by atoms with Crippen LogP contribution in [0.5, 0.6) is 0 Å². The first-order valence-electron chi connectivity index (χ1n) is 5.72. The standard InChI is InChI=1S/C14H22N2/c1-6-16(5)14(12(4)15)13-8-7-10(2)9-11(13)3/h7-9H,6,15H2,1-5H3/b14-12-. The topological polar surface area (TPSA) is 29.3 Å². The van der Waals surface area contributed by atoms with Crippen LogP contribution in [0.15, 0.2) is 23.9 Å². The van der Waals surface area contributed by atoms with Gasteiger partial charge in [-0.15, -0.1) is 0 Å². The highest BCUT2D eigenvalue weighted by Gasteiger charge is 2.11. The molecule has 0 saturated carbocycles. The summed E-state index contributed by atoms with van der Waals surface area (Å²) in [6, 6.07) is 6.49. The molecule has 1 aromatic carbocycles. The zero-order valence-electron chi connectivity index (χ0n) is 11.0. The van der Waals surface area contributed by atoms with Crippen LogP contribution in [0.4, 0.5) is 0 Å². The number of rotatable bonds is 3. The van der Waals surface area contributed by atoms with Gasteiger partial charge in [-0.2, -0.15) is 0 Å². The second-order valence-corrected chi connectivity index (χ2v) is 4.36. The van der Waals surface area contributed by atoms with Crippen LogP contribution in [0.25, 0.3) is 5.70 Å². The van der Waals surface area contributed by atoms with Crippen molar-refractivity contribution in [2.75, 3.05) is 13.6 Å². The van der Waals surface area contributed by atoms with Crippen LogP contribution in [0.1, 0.15) is 30.5 Å². The fraction of sp³-hybridized carbons (Fsp3) is 0.429. The van der Waals surface area contributed by atoms with Crippen LogP contribution in [0, 0.1) is 13.8 Å². The Morgan fingerprint density at radius 2 is 1.94 bits per heavy atom. The number of aryl methyl sites for hydroxylation is 2. The molecule has 0 aliphatic carbocycles. The van der Waals surface area contributed by atoms with Gasteiger partial charge in [0, 0.05) is 24.9 Å². The molecule has 1 rings (SSSR count). The zero-order chi connectivity index (χ0) is 12.3. The van der Waals surface area contributed by atoms with E-state index < -0.39 is 0 Å². The molecule has 0 bridgehead atoms. The molecule has 2 N–H and O–H groups in total. The van der Waals surface area contributed by atoms with E-state index in [1.165, 1.54) is 16.7 Å². The third-order valence-electron chi connectivity index (χ3n) is 2.87. The Kier molecular flexibility index (Phi) is 3.99. The molecule has 0 aliphatic rings. The minimum atomic E-state index is 0.872. The Morgan fingerprint density at radius 3 is 2.38 bits per heavy atom. The van der Waals surface area contributed by atoms with Crippen molar-refractivity contribution in [2.24, 2.45) is 5.73 Å². The molecular formula is C14H22N2. The van der Waals surface area contributed by atoms with E-state index >= 15 is 0 Å². The number of nitrogens with two attached hydrogens (primary N) is 1. The lowest BCUT2D eigenvalue weighted by Gasteiger charge is -2.24. The molecule has 0 amide bonds. The first-order chi connectivity index (χ1) is 7.47. The lowest BCUT2D eigenvalue weighted by Crippen LogP contribution is -2.20. The number of hydrogen-bond acceptors (Lipinski definition) is 2. The molecule has 0 unspecified atom stereocenters. The third-order valence-corrected chi connectivity index (χ3v) is 2.87. The van der Waals surface area contributed by atoms with Crippen LogP contribution in [-0.4, -0.2) is 18.5 Å². The molecule has 2 heteroatoms. The highest BCUT2D eigenvalue weighted by atomic mass is 15.1. The smallest absolute Gasteiger partial charge is 0.0627 e. The first kappa shape index (κ1) is 12.6. The van der Waals surface area contributed by atoms with E-state index in [4.69, 9.17) is 5.73 Å². The molecule has 0 fully saturated rings. The van der Waals surface area contributed by atoms with Crippen molar-refractivity contribution in [3.05, 3.63) is 40.6 Å². The van der Waals surface area contributed by atoms with E-state index in [0.29, 0.717) is 0 Å². The Balaban J connectivity index is 3.29. The van der Waals surface area contributed by atoms with Crippen molar-refractivity contribution in [1.29, 1.82) is 0 Å². The van der Waals surface area contributed by atoms with Crippen LogP contribution < -0.4 is 5.73 Å². The summed E-state index contributed by atoms with van der Waals surface area (Å²) in [5.41, 5.74) is 11.8. The largest absolute Gasteiger partial charge is 0.401 e. The van der Waals surface area contributed by atoms with Crippen LogP contribution in [0.3, 0.4) is 0 Å². The predicted octanol–water partition coefficient (Wildman–Crippen LogP) is 2.90. The lowest BCUT2D eigenvalue weighted by atomic mass is 10.0. The van der Waals surface area contributed by atoms with Crippen LogP contribution >= 0.6 is 0 Å². The van der Waals surface area contributed by atoms with Crippen molar-refractivity contribution < 1.29 is 0 Å². The van der Waals surface area contributed by atoms with Crippen molar-refractivity contribution in [1.82, 2.24) is 4.90 Å². The maximum absolute atomic E-state index is 5.99. The van der Waals surface area contributed by atoms with E-state index in [0.717, 1.165) is 17.9 Å². The van der Waals surface area contributed by atoms with E-state index in [1.807, 2.05) is 6.92 Å². The summed E-state index contributed by atoms with van der Waals surface area (Å²) in [5.74, 6) is 0. The van der Waals surface area contributed by atoms with Gasteiger partial charge in [-0.1, -0.05) is 23.8 Å². The van der Waals surface area contributed by atoms with Gasteiger partial charge < -0.3 is 10.6 Å². The molecular weight excluding hydrogens is 196 g/mol. The van der Waals surface area contributed by atoms with Gasteiger partial charge >= 0.3 is 0 Å². The van der Waals surface area contributed by atoms with Gasteiger partial charge in [-0.05, 0) is 33.3 Å². The molecule has 0 spiro atoms. The molecule has 2 nitrogen and oxygen atoms in total. The van der Waals surface area contributed by atoms with Gasteiger partial charge in [0.1, 0.15) is 0 Å². The second kappa shape index (κ2) is 5.06. The van der Waals surface area contributed by atoms with Gasteiger partial charge in [0.2, 0.25) is 0 Å². The van der Waals surface area contributed by atoms with Crippen molar-refractivity contribution in [3.63, 3.8) is 0 Å². The van der Waals surface area contributed by atoms with E-state index in [1.54, 1.807) is 0 Å². The van der Waals surface area contributed by atoms with Gasteiger partial charge in [-0.3, -0.25) is 0 Å². The summed E-state index contributed by atoms with van der Waals surface area (Å²) in [5, 5.41) is 0. The van der Waals surface area contributed by atoms with Crippen LogP contribution in [0.2, 0.25) is 0 Å². The number of hydrogen-bond donors (Lipinski definition) is 1. The van der Waals surface area contributed by atoms with Crippen molar-refractivity contribution in [3.8, 4) is 0 Å². The average molecular weight is 218 g/mol. The quantitative estimate of drug-likeness (QED) is 0.845. The molecule has 0 atom stereocenters. The Labute approximate surface area is 98.8 Å². The minimum Gasteiger partial charge on any atom is -0.401 e. The monoisotopic (exact) mass is 218 g/mol. The first-order valence-corrected chi connectivity index (χ1v) is 5.72. The number of allylic oxidation sites excluding steroid dienone is 1. The van der Waals surface area contributed by atoms with Gasteiger partial charge in [0.15, 0.2) is 0 Å². The average Bonchev–Trinajstić information content (AvgIpc) is 2.21. The van der Waals surface area contributed by atoms with Crippen molar-refractivity contribution in [2.45, 2.75) is 27.7 Å². The molecule has 16 heavy (non-hydrogen) atoms.